The number of esters is 1. The summed E-state index contributed by atoms with van der Waals surface area (Å²) in [7, 11) is 1.37. The topological polar surface area (TPSA) is 74.2 Å². The highest BCUT2D eigenvalue weighted by Gasteiger charge is 2.22. The van der Waals surface area contributed by atoms with Gasteiger partial charge in [-0.3, -0.25) is 4.79 Å². The zero-order valence-corrected chi connectivity index (χ0v) is 16.5. The summed E-state index contributed by atoms with van der Waals surface area (Å²) in [4.78, 5) is 11.6. The Morgan fingerprint density at radius 2 is 2.03 bits per heavy atom. The Hall–Kier alpha value is -3.17. The van der Waals surface area contributed by atoms with Crippen molar-refractivity contribution < 1.29 is 28.8 Å². The van der Waals surface area contributed by atoms with Gasteiger partial charge in [0.15, 0.2) is 17.6 Å². The van der Waals surface area contributed by atoms with Crippen LogP contribution in [0.2, 0.25) is 0 Å². The fourth-order valence-electron chi connectivity index (χ4n) is 3.00. The van der Waals surface area contributed by atoms with Gasteiger partial charge in [-0.15, -0.1) is 5.92 Å². The predicted molar refractivity (Wildman–Crippen MR) is 107 cm³/mol. The van der Waals surface area contributed by atoms with E-state index >= 15 is 0 Å². The highest BCUT2D eigenvalue weighted by Crippen LogP contribution is 2.33. The van der Waals surface area contributed by atoms with Crippen molar-refractivity contribution in [3.05, 3.63) is 53.6 Å². The van der Waals surface area contributed by atoms with Gasteiger partial charge in [0, 0.05) is 0 Å². The minimum atomic E-state index is -0.294. The molecule has 0 radical (unpaired) electrons. The molecule has 1 aliphatic rings. The lowest BCUT2D eigenvalue weighted by Crippen LogP contribution is -2.34. The van der Waals surface area contributed by atoms with Crippen molar-refractivity contribution in [3.63, 3.8) is 0 Å². The number of methoxy groups -OCH3 is 1. The van der Waals surface area contributed by atoms with Crippen LogP contribution in [0.4, 0.5) is 0 Å². The van der Waals surface area contributed by atoms with Gasteiger partial charge in [-0.05, 0) is 42.3 Å². The molecule has 6 nitrogen and oxygen atoms in total. The van der Waals surface area contributed by atoms with E-state index in [1.165, 1.54) is 7.11 Å². The first-order valence-corrected chi connectivity index (χ1v) is 9.38. The molecule has 0 aromatic heterocycles. The van der Waals surface area contributed by atoms with Crippen LogP contribution in [0.15, 0.2) is 42.5 Å². The standard InChI is InChI=1S/C23H24O6/c1-3-4-18(12-23(25)26-2)17-6-8-19(9-7-17)27-14-20-15-28-21-10-5-16(13-24)11-22(21)29-20/h5-11,18,20,24H,12-15H2,1-2H3/t18-,20-/m0/s1. The minimum Gasteiger partial charge on any atom is -0.490 e. The van der Waals surface area contributed by atoms with Crippen LogP contribution in [0.25, 0.3) is 0 Å². The SMILES string of the molecule is CC#C[C@@H](CC(=O)OC)c1ccc(OC[C@H]2COc3ccc(CO)cc3O2)cc1. The molecule has 0 saturated carbocycles. The molecule has 1 aliphatic heterocycles. The molecule has 0 aliphatic carbocycles. The van der Waals surface area contributed by atoms with E-state index in [4.69, 9.17) is 18.9 Å². The van der Waals surface area contributed by atoms with Gasteiger partial charge in [-0.25, -0.2) is 0 Å². The number of fused-ring (bicyclic) bond motifs is 1. The van der Waals surface area contributed by atoms with Crippen LogP contribution in [0.1, 0.15) is 30.4 Å². The molecule has 2 aromatic carbocycles. The van der Waals surface area contributed by atoms with Gasteiger partial charge in [0.2, 0.25) is 0 Å². The monoisotopic (exact) mass is 396 g/mol. The smallest absolute Gasteiger partial charge is 0.307 e. The van der Waals surface area contributed by atoms with Gasteiger partial charge in [0.05, 0.1) is 26.1 Å². The zero-order chi connectivity index (χ0) is 20.6. The molecule has 0 unspecified atom stereocenters. The van der Waals surface area contributed by atoms with Gasteiger partial charge < -0.3 is 24.1 Å². The average molecular weight is 396 g/mol. The lowest BCUT2D eigenvalue weighted by molar-refractivity contribution is -0.140. The molecule has 1 N–H and O–H groups in total. The predicted octanol–water partition coefficient (Wildman–Crippen LogP) is 3.07. The van der Waals surface area contributed by atoms with Crippen molar-refractivity contribution in [3.8, 4) is 29.1 Å². The highest BCUT2D eigenvalue weighted by molar-refractivity contribution is 5.71. The molecule has 0 fully saturated rings. The van der Waals surface area contributed by atoms with Crippen molar-refractivity contribution in [1.82, 2.24) is 0 Å². The van der Waals surface area contributed by atoms with Crippen LogP contribution in [0.5, 0.6) is 17.2 Å². The molecule has 3 rings (SSSR count). The number of hydrogen-bond acceptors (Lipinski definition) is 6. The summed E-state index contributed by atoms with van der Waals surface area (Å²) in [5.74, 6) is 7.35. The number of rotatable bonds is 7. The van der Waals surface area contributed by atoms with Crippen molar-refractivity contribution in [2.75, 3.05) is 20.3 Å². The van der Waals surface area contributed by atoms with Gasteiger partial charge in [-0.1, -0.05) is 24.1 Å². The zero-order valence-electron chi connectivity index (χ0n) is 16.5. The molecule has 0 saturated heterocycles. The second-order valence-electron chi connectivity index (χ2n) is 6.60. The molecule has 6 heteroatoms. The maximum atomic E-state index is 11.6. The second-order valence-corrected chi connectivity index (χ2v) is 6.60. The van der Waals surface area contributed by atoms with Gasteiger partial charge >= 0.3 is 5.97 Å². The summed E-state index contributed by atoms with van der Waals surface area (Å²) >= 11 is 0. The first-order chi connectivity index (χ1) is 14.1. The van der Waals surface area contributed by atoms with E-state index in [2.05, 4.69) is 11.8 Å². The molecule has 1 heterocycles. The van der Waals surface area contributed by atoms with Crippen LogP contribution in [0, 0.1) is 11.8 Å². The Balaban J connectivity index is 1.58. The van der Waals surface area contributed by atoms with E-state index in [9.17, 15) is 9.90 Å². The first-order valence-electron chi connectivity index (χ1n) is 9.38. The normalized spacial score (nSPS) is 15.6. The molecule has 2 atom stereocenters. The summed E-state index contributed by atoms with van der Waals surface area (Å²) in [6, 6.07) is 12.9. The van der Waals surface area contributed by atoms with Gasteiger partial charge in [0.1, 0.15) is 19.0 Å². The van der Waals surface area contributed by atoms with E-state index in [0.717, 1.165) is 11.1 Å². The maximum absolute atomic E-state index is 11.6. The van der Waals surface area contributed by atoms with Crippen molar-refractivity contribution in [2.45, 2.75) is 32.0 Å². The van der Waals surface area contributed by atoms with E-state index in [-0.39, 0.29) is 31.0 Å². The van der Waals surface area contributed by atoms with E-state index in [1.807, 2.05) is 24.3 Å². The van der Waals surface area contributed by atoms with Gasteiger partial charge in [0.25, 0.3) is 0 Å². The molecule has 2 aromatic rings. The Morgan fingerprint density at radius 3 is 2.72 bits per heavy atom. The maximum Gasteiger partial charge on any atom is 0.307 e. The Labute approximate surface area is 170 Å². The number of ether oxygens (including phenoxy) is 4. The number of aliphatic hydroxyl groups is 1. The molecule has 29 heavy (non-hydrogen) atoms. The molecule has 0 amide bonds. The summed E-state index contributed by atoms with van der Waals surface area (Å²) in [6.07, 6.45) is -0.0470. The fraction of sp³-hybridized carbons (Fsp3) is 0.348. The summed E-state index contributed by atoms with van der Waals surface area (Å²) in [5.41, 5.74) is 1.70. The first kappa shape index (κ1) is 20.6. The van der Waals surface area contributed by atoms with Crippen LogP contribution in [-0.2, 0) is 16.1 Å². The number of carbonyl (C=O) groups is 1. The summed E-state index contributed by atoms with van der Waals surface area (Å²) < 4.78 is 22.2. The highest BCUT2D eigenvalue weighted by atomic mass is 16.6. The Kier molecular flexibility index (Phi) is 6.99. The Morgan fingerprint density at radius 1 is 1.24 bits per heavy atom. The lowest BCUT2D eigenvalue weighted by atomic mass is 9.96. The fourth-order valence-corrected chi connectivity index (χ4v) is 3.00. The number of hydrogen-bond donors (Lipinski definition) is 1. The van der Waals surface area contributed by atoms with Crippen molar-refractivity contribution >= 4 is 5.97 Å². The quantitative estimate of drug-likeness (QED) is 0.573. The number of aliphatic hydroxyl groups excluding tert-OH is 1. The number of carbonyl (C=O) groups excluding carboxylic acids is 1. The molecular formula is C23H24O6. The van der Waals surface area contributed by atoms with Crippen LogP contribution in [0.3, 0.4) is 0 Å². The summed E-state index contributed by atoms with van der Waals surface area (Å²) in [5, 5.41) is 9.26. The Bertz CT molecular complexity index is 894. The molecule has 0 spiro atoms. The van der Waals surface area contributed by atoms with Crippen molar-refractivity contribution in [2.24, 2.45) is 0 Å². The van der Waals surface area contributed by atoms with Crippen LogP contribution < -0.4 is 14.2 Å². The van der Waals surface area contributed by atoms with Crippen LogP contribution >= 0.6 is 0 Å². The lowest BCUT2D eigenvalue weighted by Gasteiger charge is -2.26. The second kappa shape index (κ2) is 9.85. The molecule has 0 bridgehead atoms. The van der Waals surface area contributed by atoms with E-state index in [0.29, 0.717) is 30.5 Å². The third-order valence-corrected chi connectivity index (χ3v) is 4.54. The third kappa shape index (κ3) is 5.43. The molecule has 152 valence electrons. The van der Waals surface area contributed by atoms with Gasteiger partial charge in [-0.2, -0.15) is 0 Å². The third-order valence-electron chi connectivity index (χ3n) is 4.54. The van der Waals surface area contributed by atoms with Crippen LogP contribution in [-0.4, -0.2) is 37.5 Å². The summed E-state index contributed by atoms with van der Waals surface area (Å²) in [6.45, 7) is 2.40. The average Bonchev–Trinajstić information content (AvgIpc) is 2.77. The van der Waals surface area contributed by atoms with E-state index < -0.39 is 0 Å². The minimum absolute atomic E-state index is 0.0520. The molecular weight excluding hydrogens is 372 g/mol. The largest absolute Gasteiger partial charge is 0.490 e. The van der Waals surface area contributed by atoms with Crippen molar-refractivity contribution in [1.29, 1.82) is 0 Å². The van der Waals surface area contributed by atoms with E-state index in [1.54, 1.807) is 25.1 Å². The number of benzene rings is 2.